The van der Waals surface area contributed by atoms with Gasteiger partial charge < -0.3 is 14.5 Å². The number of hydrogen-bond donors (Lipinski definition) is 1. The van der Waals surface area contributed by atoms with Crippen LogP contribution in [-0.4, -0.2) is 18.4 Å². The van der Waals surface area contributed by atoms with Crippen molar-refractivity contribution in [2.24, 2.45) is 0 Å². The van der Waals surface area contributed by atoms with E-state index in [1.54, 1.807) is 6.07 Å². The number of amides is 1. The zero-order valence-corrected chi connectivity index (χ0v) is 15.8. The van der Waals surface area contributed by atoms with Crippen molar-refractivity contribution >= 4 is 22.8 Å². The van der Waals surface area contributed by atoms with Crippen LogP contribution in [-0.2, 0) is 27.4 Å². The molecule has 0 unspecified atom stereocenters. The normalized spacial score (nSPS) is 10.6. The van der Waals surface area contributed by atoms with Gasteiger partial charge in [-0.25, -0.2) is 4.79 Å². The molecule has 0 aliphatic heterocycles. The maximum Gasteiger partial charge on any atom is 0.336 e. The molecule has 0 saturated carbocycles. The van der Waals surface area contributed by atoms with Crippen LogP contribution in [0.25, 0.3) is 11.0 Å². The fourth-order valence-electron chi connectivity index (χ4n) is 2.83. The molecular weight excluding hydrogens is 358 g/mol. The lowest BCUT2D eigenvalue weighted by Crippen LogP contribution is -2.31. The lowest BCUT2D eigenvalue weighted by atomic mass is 10.0. The molecule has 3 aromatic rings. The van der Waals surface area contributed by atoms with Crippen molar-refractivity contribution in [3.05, 3.63) is 81.2 Å². The Bertz CT molecular complexity index is 1070. The van der Waals surface area contributed by atoms with Crippen LogP contribution in [0, 0.1) is 13.8 Å². The number of aryl methyl sites for hydroxylation is 2. The molecule has 1 N–H and O–H groups in total. The van der Waals surface area contributed by atoms with Crippen molar-refractivity contribution in [1.82, 2.24) is 5.32 Å². The van der Waals surface area contributed by atoms with Crippen molar-refractivity contribution < 1.29 is 18.7 Å². The van der Waals surface area contributed by atoms with E-state index in [0.717, 1.165) is 22.1 Å². The third-order valence-electron chi connectivity index (χ3n) is 4.47. The summed E-state index contributed by atoms with van der Waals surface area (Å²) in [5.74, 6) is -0.841. The monoisotopic (exact) mass is 379 g/mol. The molecule has 1 aromatic heterocycles. The summed E-state index contributed by atoms with van der Waals surface area (Å²) >= 11 is 0. The van der Waals surface area contributed by atoms with E-state index in [9.17, 15) is 14.4 Å². The summed E-state index contributed by atoms with van der Waals surface area (Å²) in [5.41, 5.74) is 3.43. The van der Waals surface area contributed by atoms with Crippen LogP contribution in [0.2, 0.25) is 0 Å². The second-order valence-electron chi connectivity index (χ2n) is 6.62. The summed E-state index contributed by atoms with van der Waals surface area (Å²) in [5, 5.41) is 3.26. The Morgan fingerprint density at radius 2 is 1.75 bits per heavy atom. The van der Waals surface area contributed by atoms with Gasteiger partial charge >= 0.3 is 11.6 Å². The van der Waals surface area contributed by atoms with Crippen LogP contribution in [0.5, 0.6) is 0 Å². The van der Waals surface area contributed by atoms with Crippen molar-refractivity contribution in [2.45, 2.75) is 26.9 Å². The Labute approximate surface area is 162 Å². The Morgan fingerprint density at radius 1 is 1.04 bits per heavy atom. The SMILES string of the molecule is Cc1cc2oc(=O)cc(COC(=O)CNC(=O)Cc3ccccc3)c2cc1C. The van der Waals surface area contributed by atoms with E-state index in [0.29, 0.717) is 11.1 Å². The summed E-state index contributed by atoms with van der Waals surface area (Å²) in [6.07, 6.45) is 0.192. The minimum atomic E-state index is -0.577. The van der Waals surface area contributed by atoms with Gasteiger partial charge in [0.25, 0.3) is 0 Å². The van der Waals surface area contributed by atoms with Crippen molar-refractivity contribution in [3.63, 3.8) is 0 Å². The second-order valence-corrected chi connectivity index (χ2v) is 6.62. The number of hydrogen-bond acceptors (Lipinski definition) is 5. The number of ether oxygens (including phenoxy) is 1. The molecule has 3 rings (SSSR count). The number of carbonyl (C=O) groups excluding carboxylic acids is 2. The zero-order chi connectivity index (χ0) is 20.1. The fraction of sp³-hybridized carbons (Fsp3) is 0.227. The summed E-state index contributed by atoms with van der Waals surface area (Å²) < 4.78 is 10.5. The average Bonchev–Trinajstić information content (AvgIpc) is 2.66. The third kappa shape index (κ3) is 4.85. The van der Waals surface area contributed by atoms with Gasteiger partial charge in [0.15, 0.2) is 0 Å². The molecule has 0 aliphatic rings. The lowest BCUT2D eigenvalue weighted by Gasteiger charge is -2.10. The predicted molar refractivity (Wildman–Crippen MR) is 105 cm³/mol. The number of rotatable bonds is 6. The van der Waals surface area contributed by atoms with Crippen LogP contribution >= 0.6 is 0 Å². The van der Waals surface area contributed by atoms with Gasteiger partial charge in [-0.15, -0.1) is 0 Å². The molecule has 0 saturated heterocycles. The van der Waals surface area contributed by atoms with Crippen molar-refractivity contribution in [3.8, 4) is 0 Å². The summed E-state index contributed by atoms with van der Waals surface area (Å²) in [6, 6.07) is 14.3. The van der Waals surface area contributed by atoms with Crippen LogP contribution in [0.15, 0.2) is 57.7 Å². The van der Waals surface area contributed by atoms with Crippen molar-refractivity contribution in [2.75, 3.05) is 6.54 Å². The van der Waals surface area contributed by atoms with Gasteiger partial charge in [-0.05, 0) is 42.7 Å². The molecule has 6 heteroatoms. The number of carbonyl (C=O) groups is 2. The zero-order valence-electron chi connectivity index (χ0n) is 15.8. The van der Waals surface area contributed by atoms with Gasteiger partial charge in [0.05, 0.1) is 6.42 Å². The van der Waals surface area contributed by atoms with Crippen LogP contribution in [0.4, 0.5) is 0 Å². The molecule has 0 atom stereocenters. The van der Waals surface area contributed by atoms with Crippen LogP contribution < -0.4 is 10.9 Å². The first-order valence-corrected chi connectivity index (χ1v) is 8.92. The van der Waals surface area contributed by atoms with Crippen LogP contribution in [0.1, 0.15) is 22.3 Å². The fourth-order valence-corrected chi connectivity index (χ4v) is 2.83. The van der Waals surface area contributed by atoms with E-state index in [1.165, 1.54) is 6.07 Å². The van der Waals surface area contributed by atoms with E-state index in [1.807, 2.05) is 50.2 Å². The largest absolute Gasteiger partial charge is 0.459 e. The minimum absolute atomic E-state index is 0.0714. The topological polar surface area (TPSA) is 85.6 Å². The molecule has 1 heterocycles. The molecule has 6 nitrogen and oxygen atoms in total. The Kier molecular flexibility index (Phi) is 5.89. The third-order valence-corrected chi connectivity index (χ3v) is 4.47. The minimum Gasteiger partial charge on any atom is -0.459 e. The van der Waals surface area contributed by atoms with Gasteiger partial charge in [-0.1, -0.05) is 30.3 Å². The summed E-state index contributed by atoms with van der Waals surface area (Å²) in [6.45, 7) is 3.58. The Morgan fingerprint density at radius 3 is 2.50 bits per heavy atom. The standard InChI is InChI=1S/C22H21NO5/c1-14-8-18-17(11-21(25)28-19(18)9-15(14)2)13-27-22(26)12-23-20(24)10-16-6-4-3-5-7-16/h3-9,11H,10,12-13H2,1-2H3,(H,23,24). The van der Waals surface area contributed by atoms with E-state index in [-0.39, 0.29) is 25.5 Å². The highest BCUT2D eigenvalue weighted by Gasteiger charge is 2.11. The number of esters is 1. The van der Waals surface area contributed by atoms with Gasteiger partial charge in [0.2, 0.25) is 5.91 Å². The number of fused-ring (bicyclic) bond motifs is 1. The van der Waals surface area contributed by atoms with Gasteiger partial charge in [-0.3, -0.25) is 9.59 Å². The van der Waals surface area contributed by atoms with Gasteiger partial charge in [-0.2, -0.15) is 0 Å². The molecule has 28 heavy (non-hydrogen) atoms. The molecule has 0 bridgehead atoms. The highest BCUT2D eigenvalue weighted by atomic mass is 16.5. The molecule has 0 radical (unpaired) electrons. The second kappa shape index (κ2) is 8.52. The van der Waals surface area contributed by atoms with E-state index in [4.69, 9.17) is 9.15 Å². The van der Waals surface area contributed by atoms with Gasteiger partial charge in [0.1, 0.15) is 18.7 Å². The lowest BCUT2D eigenvalue weighted by molar-refractivity contribution is -0.145. The van der Waals surface area contributed by atoms with E-state index < -0.39 is 11.6 Å². The Balaban J connectivity index is 1.59. The molecule has 1 amide bonds. The maximum absolute atomic E-state index is 12.0. The first-order chi connectivity index (χ1) is 13.4. The van der Waals surface area contributed by atoms with E-state index in [2.05, 4.69) is 5.32 Å². The smallest absolute Gasteiger partial charge is 0.336 e. The summed E-state index contributed by atoms with van der Waals surface area (Å²) in [7, 11) is 0. The highest BCUT2D eigenvalue weighted by Crippen LogP contribution is 2.22. The molecule has 2 aromatic carbocycles. The average molecular weight is 379 g/mol. The number of nitrogens with one attached hydrogen (secondary N) is 1. The maximum atomic E-state index is 12.0. The first kappa shape index (κ1) is 19.4. The van der Waals surface area contributed by atoms with Crippen LogP contribution in [0.3, 0.4) is 0 Å². The molecule has 0 aliphatic carbocycles. The van der Waals surface area contributed by atoms with E-state index >= 15 is 0 Å². The first-order valence-electron chi connectivity index (χ1n) is 8.92. The number of benzene rings is 2. The summed E-state index contributed by atoms with van der Waals surface area (Å²) in [4.78, 5) is 35.7. The quantitative estimate of drug-likeness (QED) is 0.526. The van der Waals surface area contributed by atoms with Crippen molar-refractivity contribution in [1.29, 1.82) is 0 Å². The molecule has 0 fully saturated rings. The predicted octanol–water partition coefficient (Wildman–Crippen LogP) is 2.81. The highest BCUT2D eigenvalue weighted by molar-refractivity contribution is 5.84. The molecule has 144 valence electrons. The van der Waals surface area contributed by atoms with Gasteiger partial charge in [0, 0.05) is 17.0 Å². The molecular formula is C22H21NO5. The molecule has 0 spiro atoms. The Hall–Kier alpha value is -3.41.